The minimum Gasteiger partial charge on any atom is -0.480 e. The van der Waals surface area contributed by atoms with Gasteiger partial charge in [-0.3, -0.25) is 9.69 Å². The molecule has 0 amide bonds. The van der Waals surface area contributed by atoms with Crippen molar-refractivity contribution in [3.05, 3.63) is 5.82 Å². The molecule has 0 saturated carbocycles. The number of aryl methyl sites for hydroxylation is 1. The zero-order chi connectivity index (χ0) is 12.3. The second-order valence-corrected chi connectivity index (χ2v) is 4.37. The van der Waals surface area contributed by atoms with Gasteiger partial charge in [-0.2, -0.15) is 4.80 Å². The average Bonchev–Trinajstić information content (AvgIpc) is 2.55. The van der Waals surface area contributed by atoms with Crippen molar-refractivity contribution in [2.45, 2.75) is 38.3 Å². The molecule has 1 aromatic rings. The third kappa shape index (κ3) is 3.00. The summed E-state index contributed by atoms with van der Waals surface area (Å²) in [5.41, 5.74) is 0. The molecule has 1 aliphatic rings. The minimum atomic E-state index is -0.754. The highest BCUT2D eigenvalue weighted by molar-refractivity contribution is 5.73. The van der Waals surface area contributed by atoms with Crippen LogP contribution in [-0.2, 0) is 18.4 Å². The fourth-order valence-corrected chi connectivity index (χ4v) is 2.20. The Hall–Kier alpha value is -1.50. The predicted molar refractivity (Wildman–Crippen MR) is 59.1 cm³/mol. The van der Waals surface area contributed by atoms with E-state index >= 15 is 0 Å². The molecule has 0 bridgehead atoms. The number of aliphatic carboxylic acids is 1. The number of hydrogen-bond donors (Lipinski definition) is 1. The number of carboxylic acid groups (broad SMARTS) is 1. The Kier molecular flexibility index (Phi) is 3.68. The molecular weight excluding hydrogens is 222 g/mol. The molecule has 0 spiro atoms. The van der Waals surface area contributed by atoms with Gasteiger partial charge >= 0.3 is 5.97 Å². The van der Waals surface area contributed by atoms with E-state index in [9.17, 15) is 9.90 Å². The molecule has 7 heteroatoms. The number of carboxylic acids is 1. The van der Waals surface area contributed by atoms with Crippen LogP contribution < -0.4 is 0 Å². The number of nitrogens with zero attached hydrogens (tertiary/aromatic N) is 5. The number of carbonyl (C=O) groups is 1. The molecule has 7 nitrogen and oxygen atoms in total. The fourth-order valence-electron chi connectivity index (χ4n) is 2.20. The quantitative estimate of drug-likeness (QED) is 0.801. The van der Waals surface area contributed by atoms with Gasteiger partial charge in [0.15, 0.2) is 5.82 Å². The van der Waals surface area contributed by atoms with E-state index in [0.717, 1.165) is 25.8 Å². The third-order valence-corrected chi connectivity index (χ3v) is 3.04. The SMILES string of the molecule is Cn1nnc(CN2CCCCCC2C(=O)O)n1. The molecule has 94 valence electrons. The molecular formula is C10H17N5O2. The van der Waals surface area contributed by atoms with Gasteiger partial charge in [0.2, 0.25) is 0 Å². The summed E-state index contributed by atoms with van der Waals surface area (Å²) in [6.07, 6.45) is 3.80. The maximum Gasteiger partial charge on any atom is 0.320 e. The van der Waals surface area contributed by atoms with E-state index in [-0.39, 0.29) is 0 Å². The summed E-state index contributed by atoms with van der Waals surface area (Å²) < 4.78 is 0. The Labute approximate surface area is 99.4 Å². The first-order chi connectivity index (χ1) is 8.16. The van der Waals surface area contributed by atoms with Crippen molar-refractivity contribution >= 4 is 5.97 Å². The lowest BCUT2D eigenvalue weighted by Crippen LogP contribution is -2.40. The molecule has 1 aliphatic heterocycles. The van der Waals surface area contributed by atoms with E-state index < -0.39 is 12.0 Å². The molecule has 1 N–H and O–H groups in total. The van der Waals surface area contributed by atoms with Crippen LogP contribution in [0.2, 0.25) is 0 Å². The van der Waals surface area contributed by atoms with Crippen molar-refractivity contribution in [2.75, 3.05) is 6.54 Å². The van der Waals surface area contributed by atoms with Crippen molar-refractivity contribution in [3.63, 3.8) is 0 Å². The number of rotatable bonds is 3. The molecule has 1 atom stereocenters. The van der Waals surface area contributed by atoms with Gasteiger partial charge in [0.25, 0.3) is 0 Å². The van der Waals surface area contributed by atoms with E-state index in [1.54, 1.807) is 7.05 Å². The van der Waals surface area contributed by atoms with E-state index in [1.165, 1.54) is 4.80 Å². The molecule has 1 saturated heterocycles. The first-order valence-corrected chi connectivity index (χ1v) is 5.86. The van der Waals surface area contributed by atoms with Crippen LogP contribution in [0.5, 0.6) is 0 Å². The molecule has 0 aliphatic carbocycles. The van der Waals surface area contributed by atoms with Crippen LogP contribution >= 0.6 is 0 Å². The molecule has 2 rings (SSSR count). The molecule has 0 aromatic carbocycles. The van der Waals surface area contributed by atoms with Crippen molar-refractivity contribution in [3.8, 4) is 0 Å². The van der Waals surface area contributed by atoms with Gasteiger partial charge in [-0.25, -0.2) is 0 Å². The highest BCUT2D eigenvalue weighted by Crippen LogP contribution is 2.18. The van der Waals surface area contributed by atoms with E-state index in [0.29, 0.717) is 18.8 Å². The third-order valence-electron chi connectivity index (χ3n) is 3.04. The zero-order valence-corrected chi connectivity index (χ0v) is 9.91. The summed E-state index contributed by atoms with van der Waals surface area (Å²) in [4.78, 5) is 14.5. The minimum absolute atomic E-state index is 0.415. The number of tetrazole rings is 1. The van der Waals surface area contributed by atoms with Gasteiger partial charge < -0.3 is 5.11 Å². The normalized spacial score (nSPS) is 22.3. The molecule has 1 aromatic heterocycles. The van der Waals surface area contributed by atoms with Gasteiger partial charge in [0.05, 0.1) is 13.6 Å². The maximum atomic E-state index is 11.2. The Morgan fingerprint density at radius 2 is 2.29 bits per heavy atom. The standard InChI is InChI=1S/C10H17N5O2/c1-14-12-9(11-13-14)7-15-6-4-2-3-5-8(15)10(16)17/h8H,2-7H2,1H3,(H,16,17). The summed E-state index contributed by atoms with van der Waals surface area (Å²) in [5, 5.41) is 21.0. The number of hydrogen-bond acceptors (Lipinski definition) is 5. The van der Waals surface area contributed by atoms with Crippen LogP contribution in [0.25, 0.3) is 0 Å². The number of aromatic nitrogens is 4. The van der Waals surface area contributed by atoms with Crippen molar-refractivity contribution < 1.29 is 9.90 Å². The summed E-state index contributed by atoms with van der Waals surface area (Å²) in [6.45, 7) is 1.25. The largest absolute Gasteiger partial charge is 0.480 e. The summed E-state index contributed by atoms with van der Waals surface area (Å²) in [5.74, 6) is -0.170. The zero-order valence-electron chi connectivity index (χ0n) is 9.91. The van der Waals surface area contributed by atoms with Crippen LogP contribution in [0.1, 0.15) is 31.5 Å². The lowest BCUT2D eigenvalue weighted by atomic mass is 10.1. The maximum absolute atomic E-state index is 11.2. The van der Waals surface area contributed by atoms with Gasteiger partial charge in [0, 0.05) is 0 Å². The summed E-state index contributed by atoms with van der Waals surface area (Å²) in [6, 6.07) is -0.415. The second-order valence-electron chi connectivity index (χ2n) is 4.37. The van der Waals surface area contributed by atoms with Crippen LogP contribution in [0.3, 0.4) is 0 Å². The van der Waals surface area contributed by atoms with E-state index in [2.05, 4.69) is 15.4 Å². The number of likely N-dealkylation sites (tertiary alicyclic amines) is 1. The van der Waals surface area contributed by atoms with Crippen molar-refractivity contribution in [1.82, 2.24) is 25.1 Å². The van der Waals surface area contributed by atoms with Crippen LogP contribution in [0.15, 0.2) is 0 Å². The highest BCUT2D eigenvalue weighted by atomic mass is 16.4. The Balaban J connectivity index is 2.07. The van der Waals surface area contributed by atoms with Gasteiger partial charge in [-0.1, -0.05) is 12.8 Å². The molecule has 1 fully saturated rings. The molecule has 2 heterocycles. The Bertz CT molecular complexity index is 392. The summed E-state index contributed by atoms with van der Waals surface area (Å²) >= 11 is 0. The smallest absolute Gasteiger partial charge is 0.320 e. The fraction of sp³-hybridized carbons (Fsp3) is 0.800. The van der Waals surface area contributed by atoms with Crippen LogP contribution in [0, 0.1) is 0 Å². The van der Waals surface area contributed by atoms with Crippen molar-refractivity contribution in [2.24, 2.45) is 7.05 Å². The Morgan fingerprint density at radius 3 is 2.94 bits per heavy atom. The van der Waals surface area contributed by atoms with Crippen molar-refractivity contribution in [1.29, 1.82) is 0 Å². The van der Waals surface area contributed by atoms with Crippen LogP contribution in [-0.4, -0.2) is 48.8 Å². The molecule has 0 radical (unpaired) electrons. The monoisotopic (exact) mass is 239 g/mol. The Morgan fingerprint density at radius 1 is 1.47 bits per heavy atom. The first-order valence-electron chi connectivity index (χ1n) is 5.86. The average molecular weight is 239 g/mol. The lowest BCUT2D eigenvalue weighted by Gasteiger charge is -2.24. The molecule has 1 unspecified atom stereocenters. The highest BCUT2D eigenvalue weighted by Gasteiger charge is 2.27. The van der Waals surface area contributed by atoms with E-state index in [1.807, 2.05) is 4.90 Å². The summed E-state index contributed by atoms with van der Waals surface area (Å²) in [7, 11) is 1.70. The molecule has 17 heavy (non-hydrogen) atoms. The topological polar surface area (TPSA) is 84.1 Å². The van der Waals surface area contributed by atoms with Gasteiger partial charge in [-0.15, -0.1) is 10.2 Å². The van der Waals surface area contributed by atoms with Gasteiger partial charge in [0.1, 0.15) is 6.04 Å². The predicted octanol–water partition coefficient (Wildman–Crippen LogP) is 0.0393. The first kappa shape index (κ1) is 12.0. The van der Waals surface area contributed by atoms with Gasteiger partial charge in [-0.05, 0) is 24.6 Å². The lowest BCUT2D eigenvalue weighted by molar-refractivity contribution is -0.143. The van der Waals surface area contributed by atoms with E-state index in [4.69, 9.17) is 0 Å². The van der Waals surface area contributed by atoms with Crippen LogP contribution in [0.4, 0.5) is 0 Å². The second kappa shape index (κ2) is 5.22.